The molecule has 0 heterocycles. The number of halogens is 4. The van der Waals surface area contributed by atoms with Crippen LogP contribution in [0, 0.1) is 0 Å². The molecule has 0 radical (unpaired) electrons. The molecule has 0 saturated heterocycles. The predicted octanol–water partition coefficient (Wildman–Crippen LogP) is 3.38. The first-order valence-electron chi connectivity index (χ1n) is 1.98. The lowest BCUT2D eigenvalue weighted by atomic mass is 10.8. The fraction of sp³-hybridized carbons (Fsp3) is 0.667. The molecular weight excluding hydrogens is 242 g/mol. The smallest absolute Gasteiger partial charge is 0.383 e. The fourth-order valence-electron chi connectivity index (χ4n) is 0.163. The van der Waals surface area contributed by atoms with Crippen molar-refractivity contribution in [3.05, 3.63) is 0 Å². The molecule has 0 N–H and O–H groups in total. The Kier molecular flexibility index (Phi) is 5.24. The van der Waals surface area contributed by atoms with Gasteiger partial charge in [0.05, 0.1) is 11.0 Å². The minimum absolute atomic E-state index is 0.295. The van der Waals surface area contributed by atoms with Gasteiger partial charge in [-0.05, 0) is 10.7 Å². The molecule has 0 aliphatic carbocycles. The molecule has 0 fully saturated rings. The van der Waals surface area contributed by atoms with E-state index in [9.17, 15) is 4.79 Å². The first kappa shape index (κ1) is 11.0. The summed E-state index contributed by atoms with van der Waals surface area (Å²) in [7, 11) is 5.39. The Morgan fingerprint density at radius 1 is 1.50 bits per heavy atom. The molecule has 0 amide bonds. The molecule has 0 rings (SSSR count). The highest BCUT2D eigenvalue weighted by Crippen LogP contribution is 2.26. The topological polar surface area (TPSA) is 26.3 Å². The van der Waals surface area contributed by atoms with Crippen LogP contribution in [0.2, 0.25) is 0 Å². The van der Waals surface area contributed by atoms with Crippen LogP contribution >= 0.6 is 56.5 Å². The Labute approximate surface area is 81.6 Å². The van der Waals surface area contributed by atoms with E-state index >= 15 is 0 Å². The van der Waals surface area contributed by atoms with Crippen molar-refractivity contribution in [2.75, 3.05) is 6.61 Å². The summed E-state index contributed by atoms with van der Waals surface area (Å²) < 4.78 is 2.78. The van der Waals surface area contributed by atoms with E-state index in [4.69, 9.17) is 45.5 Å². The first-order valence-corrected chi connectivity index (χ1v) is 4.75. The van der Waals surface area contributed by atoms with Crippen molar-refractivity contribution >= 4 is 61.8 Å². The van der Waals surface area contributed by atoms with Crippen LogP contribution in [-0.2, 0) is 4.74 Å². The fourth-order valence-corrected chi connectivity index (χ4v) is 0.564. The summed E-state index contributed by atoms with van der Waals surface area (Å²) in [6.07, 6.45) is 0. The third kappa shape index (κ3) is 7.09. The Morgan fingerprint density at radius 3 is 2.30 bits per heavy atom. The number of alkyl halides is 3. The average Bonchev–Trinajstić information content (AvgIpc) is 1.81. The quantitative estimate of drug-likeness (QED) is 0.522. The van der Waals surface area contributed by atoms with Gasteiger partial charge in [0, 0.05) is 0 Å². The summed E-state index contributed by atoms with van der Waals surface area (Å²) in [6.45, 7) is -0.295. The van der Waals surface area contributed by atoms with Gasteiger partial charge in [-0.2, -0.15) is 0 Å². The van der Waals surface area contributed by atoms with Gasteiger partial charge in [-0.15, -0.1) is 0 Å². The predicted molar refractivity (Wildman–Crippen MR) is 45.1 cm³/mol. The van der Waals surface area contributed by atoms with Crippen molar-refractivity contribution in [1.82, 2.24) is 0 Å². The van der Waals surface area contributed by atoms with Crippen LogP contribution in [0.1, 0.15) is 0 Å². The zero-order chi connectivity index (χ0) is 8.20. The van der Waals surface area contributed by atoms with Crippen molar-refractivity contribution in [2.45, 2.75) is 3.79 Å². The molecule has 0 atom stereocenters. The third-order valence-electron chi connectivity index (χ3n) is 0.417. The van der Waals surface area contributed by atoms with Crippen LogP contribution in [0.3, 0.4) is 0 Å². The van der Waals surface area contributed by atoms with Crippen molar-refractivity contribution in [3.63, 3.8) is 0 Å². The number of hydrogen-bond acceptors (Lipinski definition) is 3. The highest BCUT2D eigenvalue weighted by Gasteiger charge is 2.21. The van der Waals surface area contributed by atoms with Gasteiger partial charge in [-0.1, -0.05) is 34.8 Å². The van der Waals surface area contributed by atoms with Crippen LogP contribution in [0.15, 0.2) is 0 Å². The van der Waals surface area contributed by atoms with E-state index in [0.29, 0.717) is 11.0 Å². The van der Waals surface area contributed by atoms with Gasteiger partial charge < -0.3 is 4.74 Å². The van der Waals surface area contributed by atoms with E-state index in [2.05, 4.69) is 4.74 Å². The van der Waals surface area contributed by atoms with Crippen LogP contribution in [0.5, 0.6) is 0 Å². The summed E-state index contributed by atoms with van der Waals surface area (Å²) in [4.78, 5) is 10.3. The molecule has 0 aromatic heterocycles. The number of ether oxygens (including phenoxy) is 1. The van der Waals surface area contributed by atoms with Gasteiger partial charge in [-0.25, -0.2) is 4.79 Å². The lowest BCUT2D eigenvalue weighted by Gasteiger charge is -2.08. The Bertz CT molecular complexity index is 122. The molecule has 0 aliphatic rings. The second-order valence-electron chi connectivity index (χ2n) is 1.23. The Balaban J connectivity index is 3.46. The van der Waals surface area contributed by atoms with Crippen LogP contribution in [0.4, 0.5) is 4.79 Å². The molecule has 0 saturated carbocycles. The maximum atomic E-state index is 10.3. The number of carbonyl (C=O) groups is 1. The van der Waals surface area contributed by atoms with E-state index in [1.165, 1.54) is 0 Å². The molecular formula is C3H2Cl4O2S. The van der Waals surface area contributed by atoms with Gasteiger partial charge >= 0.3 is 5.30 Å². The number of hydrogen-bond donors (Lipinski definition) is 0. The normalized spacial score (nSPS) is 11.2. The number of carbonyl (C=O) groups excluding carboxylic acids is 1. The molecule has 0 spiro atoms. The molecule has 0 unspecified atom stereocenters. The summed E-state index contributed by atoms with van der Waals surface area (Å²) in [5.74, 6) is 0. The number of rotatable bonds is 1. The third-order valence-corrected chi connectivity index (χ3v) is 1.37. The first-order chi connectivity index (χ1) is 4.45. The van der Waals surface area contributed by atoms with Crippen molar-refractivity contribution in [2.24, 2.45) is 0 Å². The van der Waals surface area contributed by atoms with Crippen molar-refractivity contribution in [1.29, 1.82) is 0 Å². The largest absolute Gasteiger partial charge is 0.452 e. The van der Waals surface area contributed by atoms with Crippen LogP contribution in [-0.4, -0.2) is 15.7 Å². The molecule has 0 aromatic rings. The van der Waals surface area contributed by atoms with Gasteiger partial charge in [0.15, 0.2) is 0 Å². The monoisotopic (exact) mass is 242 g/mol. The lowest BCUT2D eigenvalue weighted by Crippen LogP contribution is -2.14. The summed E-state index contributed by atoms with van der Waals surface area (Å²) >= 11 is 15.7. The zero-order valence-electron chi connectivity index (χ0n) is 4.44. The van der Waals surface area contributed by atoms with E-state index in [-0.39, 0.29) is 6.61 Å². The Morgan fingerprint density at radius 2 is 2.00 bits per heavy atom. The molecule has 10 heavy (non-hydrogen) atoms. The maximum Gasteiger partial charge on any atom is 0.383 e. The average molecular weight is 244 g/mol. The van der Waals surface area contributed by atoms with Crippen LogP contribution in [0.25, 0.3) is 0 Å². The standard InChI is InChI=1S/C3H2Cl4O2S/c4-3(5,6)1-9-2(8)10-7/h1H2. The minimum Gasteiger partial charge on any atom is -0.452 e. The van der Waals surface area contributed by atoms with E-state index in [0.717, 1.165) is 0 Å². The highest BCUT2D eigenvalue weighted by molar-refractivity contribution is 8.32. The molecule has 7 heteroatoms. The minimum atomic E-state index is -1.57. The van der Waals surface area contributed by atoms with Gasteiger partial charge in [-0.3, -0.25) is 0 Å². The van der Waals surface area contributed by atoms with Crippen molar-refractivity contribution < 1.29 is 9.53 Å². The maximum absolute atomic E-state index is 10.3. The SMILES string of the molecule is O=C(OCC(Cl)(Cl)Cl)SCl. The van der Waals surface area contributed by atoms with Gasteiger partial charge in [0.1, 0.15) is 6.61 Å². The van der Waals surface area contributed by atoms with E-state index in [1.54, 1.807) is 0 Å². The highest BCUT2D eigenvalue weighted by atomic mass is 35.7. The van der Waals surface area contributed by atoms with Crippen molar-refractivity contribution in [3.8, 4) is 0 Å². The molecule has 0 bridgehead atoms. The molecule has 60 valence electrons. The molecule has 0 aromatic carbocycles. The summed E-state index contributed by atoms with van der Waals surface area (Å²) in [5.41, 5.74) is 0. The molecule has 2 nitrogen and oxygen atoms in total. The summed E-state index contributed by atoms with van der Waals surface area (Å²) in [5, 5.41) is -0.687. The molecule has 0 aliphatic heterocycles. The van der Waals surface area contributed by atoms with E-state index < -0.39 is 9.09 Å². The second kappa shape index (κ2) is 4.78. The van der Waals surface area contributed by atoms with Gasteiger partial charge in [0.25, 0.3) is 0 Å². The zero-order valence-corrected chi connectivity index (χ0v) is 8.28. The lowest BCUT2D eigenvalue weighted by molar-refractivity contribution is 0.178. The Hall–Kier alpha value is 0.980. The summed E-state index contributed by atoms with van der Waals surface area (Å²) in [6, 6.07) is 0. The second-order valence-corrected chi connectivity index (χ2v) is 4.70. The van der Waals surface area contributed by atoms with E-state index in [1.807, 2.05) is 0 Å². The van der Waals surface area contributed by atoms with Crippen LogP contribution < -0.4 is 0 Å². The van der Waals surface area contributed by atoms with Gasteiger partial charge in [0.2, 0.25) is 3.79 Å².